The average molecular weight is 229 g/mol. The van der Waals surface area contributed by atoms with Gasteiger partial charge in [0.1, 0.15) is 5.92 Å². The normalized spacial score (nSPS) is 12.1. The molecular formula is C11H11N5O. The van der Waals surface area contributed by atoms with Crippen molar-refractivity contribution in [3.8, 4) is 6.07 Å². The van der Waals surface area contributed by atoms with Crippen LogP contribution >= 0.6 is 0 Å². The summed E-state index contributed by atoms with van der Waals surface area (Å²) in [5.74, 6) is -0.776. The predicted octanol–water partition coefficient (Wildman–Crippen LogP) is 1.14. The molecule has 1 N–H and O–H groups in total. The molecule has 1 atom stereocenters. The number of aromatic nitrogens is 3. The van der Waals surface area contributed by atoms with Crippen LogP contribution in [0.25, 0.3) is 5.65 Å². The van der Waals surface area contributed by atoms with E-state index in [0.29, 0.717) is 11.6 Å². The third kappa shape index (κ3) is 2.08. The number of carbonyl (C=O) groups excluding carboxylic acids is 1. The van der Waals surface area contributed by atoms with Gasteiger partial charge in [-0.2, -0.15) is 5.26 Å². The zero-order chi connectivity index (χ0) is 12.4. The molecule has 0 radical (unpaired) electrons. The van der Waals surface area contributed by atoms with Crippen LogP contribution in [0, 0.1) is 24.2 Å². The number of rotatable bonds is 2. The van der Waals surface area contributed by atoms with Gasteiger partial charge in [-0.1, -0.05) is 0 Å². The number of pyridine rings is 1. The number of nitrogens with zero attached hydrogens (tertiary/aromatic N) is 4. The number of hydrogen-bond donors (Lipinski definition) is 1. The Balaban J connectivity index is 2.32. The van der Waals surface area contributed by atoms with Crippen LogP contribution in [0.1, 0.15) is 12.5 Å². The van der Waals surface area contributed by atoms with Gasteiger partial charge in [0, 0.05) is 6.20 Å². The second-order valence-electron chi connectivity index (χ2n) is 3.80. The zero-order valence-electron chi connectivity index (χ0n) is 9.51. The maximum absolute atomic E-state index is 11.5. The molecule has 0 aliphatic carbocycles. The fourth-order valence-corrected chi connectivity index (χ4v) is 1.35. The number of carbonyl (C=O) groups is 1. The molecule has 0 aromatic carbocycles. The standard InChI is InChI=1S/C11H11N5O/c1-7-3-4-16-9(5-7)14-15-11(16)13-10(17)8(2)6-12/h3-5,8H,1-2H3,(H,13,15,17). The second kappa shape index (κ2) is 4.22. The van der Waals surface area contributed by atoms with E-state index in [1.54, 1.807) is 10.6 Å². The molecule has 2 heterocycles. The minimum absolute atomic E-state index is 0.326. The Morgan fingerprint density at radius 3 is 3.06 bits per heavy atom. The molecular weight excluding hydrogens is 218 g/mol. The quantitative estimate of drug-likeness (QED) is 0.836. The molecule has 2 aromatic rings. The van der Waals surface area contributed by atoms with Crippen LogP contribution in [-0.4, -0.2) is 20.5 Å². The first-order valence-electron chi connectivity index (χ1n) is 5.13. The van der Waals surface area contributed by atoms with E-state index in [1.807, 2.05) is 25.1 Å². The van der Waals surface area contributed by atoms with Crippen molar-refractivity contribution in [3.05, 3.63) is 23.9 Å². The van der Waals surface area contributed by atoms with E-state index in [1.165, 1.54) is 6.92 Å². The second-order valence-corrected chi connectivity index (χ2v) is 3.80. The van der Waals surface area contributed by atoms with Crippen LogP contribution in [0.3, 0.4) is 0 Å². The van der Waals surface area contributed by atoms with Crippen molar-refractivity contribution in [1.29, 1.82) is 5.26 Å². The monoisotopic (exact) mass is 229 g/mol. The van der Waals surface area contributed by atoms with Crippen LogP contribution in [0.5, 0.6) is 0 Å². The fourth-order valence-electron chi connectivity index (χ4n) is 1.35. The molecule has 0 aliphatic rings. The highest BCUT2D eigenvalue weighted by atomic mass is 16.2. The maximum Gasteiger partial charge on any atom is 0.243 e. The summed E-state index contributed by atoms with van der Waals surface area (Å²) in [6.07, 6.45) is 1.78. The van der Waals surface area contributed by atoms with Crippen molar-refractivity contribution >= 4 is 17.5 Å². The van der Waals surface area contributed by atoms with Gasteiger partial charge in [-0.05, 0) is 31.5 Å². The van der Waals surface area contributed by atoms with Crippen molar-refractivity contribution in [3.63, 3.8) is 0 Å². The molecule has 86 valence electrons. The van der Waals surface area contributed by atoms with Gasteiger partial charge in [0.05, 0.1) is 6.07 Å². The van der Waals surface area contributed by atoms with Gasteiger partial charge in [0.25, 0.3) is 0 Å². The summed E-state index contributed by atoms with van der Waals surface area (Å²) in [4.78, 5) is 11.5. The maximum atomic E-state index is 11.5. The molecule has 0 saturated heterocycles. The fraction of sp³-hybridized carbons (Fsp3) is 0.273. The number of fused-ring (bicyclic) bond motifs is 1. The van der Waals surface area contributed by atoms with E-state index in [9.17, 15) is 4.79 Å². The molecule has 6 heteroatoms. The summed E-state index contributed by atoms with van der Waals surface area (Å²) in [5, 5.41) is 19.0. The van der Waals surface area contributed by atoms with Gasteiger partial charge in [-0.25, -0.2) is 0 Å². The van der Waals surface area contributed by atoms with Gasteiger partial charge in [-0.3, -0.25) is 14.5 Å². The summed E-state index contributed by atoms with van der Waals surface area (Å²) < 4.78 is 1.66. The van der Waals surface area contributed by atoms with Gasteiger partial charge in [0.15, 0.2) is 5.65 Å². The highest BCUT2D eigenvalue weighted by molar-refractivity contribution is 5.92. The van der Waals surface area contributed by atoms with E-state index >= 15 is 0 Å². The third-order valence-electron chi connectivity index (χ3n) is 2.39. The van der Waals surface area contributed by atoms with Crippen molar-refractivity contribution in [2.24, 2.45) is 5.92 Å². The SMILES string of the molecule is Cc1ccn2c(NC(=O)C(C)C#N)nnc2c1. The summed E-state index contributed by atoms with van der Waals surface area (Å²) in [5.41, 5.74) is 1.72. The minimum Gasteiger partial charge on any atom is -0.293 e. The van der Waals surface area contributed by atoms with Crippen LogP contribution in [-0.2, 0) is 4.79 Å². The summed E-state index contributed by atoms with van der Waals surface area (Å²) in [6.45, 7) is 3.48. The van der Waals surface area contributed by atoms with Gasteiger partial charge in [0.2, 0.25) is 11.9 Å². The molecule has 2 rings (SSSR count). The first kappa shape index (κ1) is 11.1. The van der Waals surface area contributed by atoms with E-state index in [2.05, 4.69) is 15.5 Å². The summed E-state index contributed by atoms with van der Waals surface area (Å²) >= 11 is 0. The highest BCUT2D eigenvalue weighted by Gasteiger charge is 2.14. The molecule has 0 bridgehead atoms. The van der Waals surface area contributed by atoms with Crippen molar-refractivity contribution < 1.29 is 4.79 Å². The number of hydrogen-bond acceptors (Lipinski definition) is 4. The topological polar surface area (TPSA) is 83.1 Å². The largest absolute Gasteiger partial charge is 0.293 e. The summed E-state index contributed by atoms with van der Waals surface area (Å²) in [6, 6.07) is 5.61. The Morgan fingerprint density at radius 2 is 2.35 bits per heavy atom. The number of amides is 1. The van der Waals surface area contributed by atoms with E-state index < -0.39 is 5.92 Å². The summed E-state index contributed by atoms with van der Waals surface area (Å²) in [7, 11) is 0. The number of nitriles is 1. The zero-order valence-corrected chi connectivity index (χ0v) is 9.51. The van der Waals surface area contributed by atoms with Crippen molar-refractivity contribution in [1.82, 2.24) is 14.6 Å². The van der Waals surface area contributed by atoms with E-state index in [0.717, 1.165) is 5.56 Å². The van der Waals surface area contributed by atoms with Crippen molar-refractivity contribution in [2.45, 2.75) is 13.8 Å². The molecule has 0 aliphatic heterocycles. The van der Waals surface area contributed by atoms with Gasteiger partial charge < -0.3 is 0 Å². The van der Waals surface area contributed by atoms with Gasteiger partial charge >= 0.3 is 0 Å². The molecule has 0 fully saturated rings. The Labute approximate surface area is 97.9 Å². The molecule has 1 unspecified atom stereocenters. The lowest BCUT2D eigenvalue weighted by Gasteiger charge is -2.04. The molecule has 0 saturated carbocycles. The molecule has 1 amide bonds. The smallest absolute Gasteiger partial charge is 0.243 e. The Kier molecular flexibility index (Phi) is 2.75. The first-order valence-corrected chi connectivity index (χ1v) is 5.13. The van der Waals surface area contributed by atoms with Crippen LogP contribution in [0.4, 0.5) is 5.95 Å². The number of nitrogens with one attached hydrogen (secondary N) is 1. The van der Waals surface area contributed by atoms with Crippen LogP contribution < -0.4 is 5.32 Å². The Hall–Kier alpha value is -2.42. The highest BCUT2D eigenvalue weighted by Crippen LogP contribution is 2.10. The van der Waals surface area contributed by atoms with Gasteiger partial charge in [-0.15, -0.1) is 10.2 Å². The predicted molar refractivity (Wildman–Crippen MR) is 61.1 cm³/mol. The first-order chi connectivity index (χ1) is 8.11. The molecule has 6 nitrogen and oxygen atoms in total. The van der Waals surface area contributed by atoms with Crippen LogP contribution in [0.15, 0.2) is 18.3 Å². The Bertz CT molecular complexity index is 610. The van der Waals surface area contributed by atoms with E-state index in [-0.39, 0.29) is 5.91 Å². The number of aryl methyl sites for hydroxylation is 1. The molecule has 0 spiro atoms. The van der Waals surface area contributed by atoms with Crippen molar-refractivity contribution in [2.75, 3.05) is 5.32 Å². The lowest BCUT2D eigenvalue weighted by atomic mass is 10.2. The van der Waals surface area contributed by atoms with E-state index in [4.69, 9.17) is 5.26 Å². The Morgan fingerprint density at radius 1 is 1.59 bits per heavy atom. The molecule has 17 heavy (non-hydrogen) atoms. The number of anilines is 1. The average Bonchev–Trinajstić information content (AvgIpc) is 2.70. The molecule has 2 aromatic heterocycles. The minimum atomic E-state index is -0.715. The van der Waals surface area contributed by atoms with Crippen LogP contribution in [0.2, 0.25) is 0 Å². The lowest BCUT2D eigenvalue weighted by Crippen LogP contribution is -2.20. The lowest BCUT2D eigenvalue weighted by molar-refractivity contribution is -0.118. The third-order valence-corrected chi connectivity index (χ3v) is 2.39.